The smallest absolute Gasteiger partial charge is 0.438 e. The van der Waals surface area contributed by atoms with Crippen molar-refractivity contribution < 1.29 is 23.1 Å². The zero-order valence-corrected chi connectivity index (χ0v) is 27.3. The molecule has 2 saturated carbocycles. The second kappa shape index (κ2) is 12.4. The Kier molecular flexibility index (Phi) is 10.7. The lowest BCUT2D eigenvalue weighted by molar-refractivity contribution is 0.0305. The van der Waals surface area contributed by atoms with Crippen molar-refractivity contribution in [3.05, 3.63) is 37.0 Å². The summed E-state index contributed by atoms with van der Waals surface area (Å²) < 4.78 is 24.3. The molecule has 0 N–H and O–H groups in total. The Balaban J connectivity index is 2.35. The van der Waals surface area contributed by atoms with Gasteiger partial charge in [-0.15, -0.1) is 6.58 Å². The molecule has 5 nitrogen and oxygen atoms in total. The van der Waals surface area contributed by atoms with Crippen molar-refractivity contribution in [2.24, 2.45) is 17.8 Å². The largest absolute Gasteiger partial charge is 0.508 e. The number of carbonyl (C=O) groups excluding carboxylic acids is 1. The molecule has 2 aliphatic carbocycles. The van der Waals surface area contributed by atoms with E-state index in [1.807, 2.05) is 6.08 Å². The van der Waals surface area contributed by atoms with Crippen LogP contribution in [0.2, 0.25) is 37.8 Å². The van der Waals surface area contributed by atoms with Gasteiger partial charge in [0.1, 0.15) is 6.10 Å². The topological polar surface area (TPSA) is 54.0 Å². The van der Waals surface area contributed by atoms with E-state index in [1.165, 1.54) is 7.11 Å². The highest BCUT2D eigenvalue weighted by Gasteiger charge is 2.54. The van der Waals surface area contributed by atoms with Gasteiger partial charge in [0.05, 0.1) is 18.8 Å². The minimum Gasteiger partial charge on any atom is -0.438 e. The van der Waals surface area contributed by atoms with E-state index < -0.39 is 22.8 Å². The second-order valence-corrected chi connectivity index (χ2v) is 22.8. The van der Waals surface area contributed by atoms with Gasteiger partial charge in [0.2, 0.25) is 0 Å². The summed E-state index contributed by atoms with van der Waals surface area (Å²) in [5, 5.41) is 0.119. The molecule has 0 amide bonds. The van der Waals surface area contributed by atoms with Gasteiger partial charge in [-0.1, -0.05) is 65.3 Å². The van der Waals surface area contributed by atoms with E-state index in [4.69, 9.17) is 18.3 Å². The third-order valence-corrected chi connectivity index (χ3v) is 14.1. The summed E-state index contributed by atoms with van der Waals surface area (Å²) in [4.78, 5) is 12.0. The number of carbonyl (C=O) groups is 1. The Hall–Kier alpha value is -1.16. The molecule has 0 aromatic heterocycles. The number of hydrogen-bond acceptors (Lipinski definition) is 5. The average Bonchev–Trinajstić information content (AvgIpc) is 3.24. The summed E-state index contributed by atoms with van der Waals surface area (Å²) in [6.07, 6.45) is 11.6. The minimum absolute atomic E-state index is 0.0932. The van der Waals surface area contributed by atoms with E-state index in [1.54, 1.807) is 0 Å². The molecule has 0 aromatic carbocycles. The maximum absolute atomic E-state index is 12.0. The predicted octanol–water partition coefficient (Wildman–Crippen LogP) is 8.65. The van der Waals surface area contributed by atoms with Crippen LogP contribution in [0, 0.1) is 17.8 Å². The molecule has 0 bridgehead atoms. The number of methoxy groups -OCH3 is 1. The zero-order valence-electron chi connectivity index (χ0n) is 25.3. The van der Waals surface area contributed by atoms with Crippen LogP contribution < -0.4 is 0 Å². The molecule has 37 heavy (non-hydrogen) atoms. The number of unbranched alkanes of at least 4 members (excludes halogenated alkanes) is 1. The zero-order chi connectivity index (χ0) is 28.2. The quantitative estimate of drug-likeness (QED) is 0.138. The fourth-order valence-corrected chi connectivity index (χ4v) is 8.57. The average molecular weight is 551 g/mol. The van der Waals surface area contributed by atoms with Crippen molar-refractivity contribution >= 4 is 22.8 Å². The highest BCUT2D eigenvalue weighted by Crippen LogP contribution is 2.54. The molecule has 2 aliphatic rings. The first-order valence-electron chi connectivity index (χ1n) is 14.1. The van der Waals surface area contributed by atoms with Gasteiger partial charge in [0.25, 0.3) is 0 Å². The number of hydrogen-bond donors (Lipinski definition) is 0. The van der Waals surface area contributed by atoms with Crippen LogP contribution in [0.1, 0.15) is 66.2 Å². The number of ether oxygens (including phenoxy) is 2. The summed E-state index contributed by atoms with van der Waals surface area (Å²) in [7, 11) is -2.41. The molecule has 0 heterocycles. The third-order valence-electron chi connectivity index (χ3n) is 8.57. The maximum Gasteiger partial charge on any atom is 0.508 e. The summed E-state index contributed by atoms with van der Waals surface area (Å²) in [5.74, 6) is 0.765. The molecule has 7 heteroatoms. The highest BCUT2D eigenvalue weighted by molar-refractivity contribution is 6.74. The molecule has 0 radical (unpaired) electrons. The van der Waals surface area contributed by atoms with Gasteiger partial charge in [-0.3, -0.25) is 0 Å². The second-order valence-electron chi connectivity index (χ2n) is 13.6. The molecule has 6 atom stereocenters. The Labute approximate surface area is 229 Å². The third kappa shape index (κ3) is 8.17. The van der Waals surface area contributed by atoms with Crippen LogP contribution in [0.5, 0.6) is 0 Å². The van der Waals surface area contributed by atoms with E-state index in [-0.39, 0.29) is 34.7 Å². The lowest BCUT2D eigenvalue weighted by Gasteiger charge is -2.40. The molecule has 2 rings (SSSR count). The normalized spacial score (nSPS) is 28.3. The first-order valence-corrected chi connectivity index (χ1v) is 20.4. The molecule has 0 aliphatic heterocycles. The summed E-state index contributed by atoms with van der Waals surface area (Å²) in [6.45, 7) is 28.9. The van der Waals surface area contributed by atoms with Gasteiger partial charge >= 0.3 is 6.16 Å². The molecule has 2 fully saturated rings. The molecule has 0 saturated heterocycles. The van der Waals surface area contributed by atoms with Crippen molar-refractivity contribution in [3.8, 4) is 0 Å². The van der Waals surface area contributed by atoms with Crippen molar-refractivity contribution in [1.29, 1.82) is 0 Å². The number of fused-ring (bicyclic) bond motifs is 1. The van der Waals surface area contributed by atoms with E-state index in [2.05, 4.69) is 85.7 Å². The van der Waals surface area contributed by atoms with Crippen LogP contribution in [0.25, 0.3) is 0 Å². The summed E-state index contributed by atoms with van der Waals surface area (Å²) >= 11 is 0. The van der Waals surface area contributed by atoms with Crippen LogP contribution in [-0.2, 0) is 18.3 Å². The van der Waals surface area contributed by atoms with E-state index in [0.717, 1.165) is 44.1 Å². The van der Waals surface area contributed by atoms with Crippen LogP contribution in [-0.4, -0.2) is 47.7 Å². The van der Waals surface area contributed by atoms with Gasteiger partial charge in [0, 0.05) is 11.8 Å². The predicted molar refractivity (Wildman–Crippen MR) is 159 cm³/mol. The van der Waals surface area contributed by atoms with Gasteiger partial charge in [-0.25, -0.2) is 4.79 Å². The molecule has 212 valence electrons. The molecule has 0 spiro atoms. The Morgan fingerprint density at radius 3 is 2.30 bits per heavy atom. The SMILES string of the molecule is C=CC(C/C=C/[C@H]1[C@H]2CC(=C)C(OC(=O)OC)[C@H]2C[C@H]1O[Si](C)(C)C(C)(C)C)(CCCC)O[Si](C)(C)C. The van der Waals surface area contributed by atoms with Crippen molar-refractivity contribution in [2.75, 3.05) is 7.11 Å². The van der Waals surface area contributed by atoms with E-state index in [0.29, 0.717) is 5.92 Å². The van der Waals surface area contributed by atoms with Crippen LogP contribution >= 0.6 is 0 Å². The first-order chi connectivity index (χ1) is 17.0. The Morgan fingerprint density at radius 2 is 1.78 bits per heavy atom. The van der Waals surface area contributed by atoms with Gasteiger partial charge in [0.15, 0.2) is 16.6 Å². The van der Waals surface area contributed by atoms with Gasteiger partial charge in [-0.2, -0.15) is 0 Å². The fourth-order valence-electron chi connectivity index (χ4n) is 5.72. The Morgan fingerprint density at radius 1 is 1.14 bits per heavy atom. The summed E-state index contributed by atoms with van der Waals surface area (Å²) in [6, 6.07) is 0. The van der Waals surface area contributed by atoms with E-state index >= 15 is 0 Å². The van der Waals surface area contributed by atoms with Crippen molar-refractivity contribution in [2.45, 2.75) is 122 Å². The minimum atomic E-state index is -1.99. The van der Waals surface area contributed by atoms with E-state index in [9.17, 15) is 4.79 Å². The fraction of sp³-hybridized carbons (Fsp3) is 0.767. The van der Waals surface area contributed by atoms with Crippen LogP contribution in [0.4, 0.5) is 4.79 Å². The number of rotatable bonds is 12. The van der Waals surface area contributed by atoms with Crippen LogP contribution in [0.15, 0.2) is 37.0 Å². The standard InChI is InChI=1S/C30H54O5Si2/c1-13-15-18-30(14-2,35-36(8,9)10)19-16-17-23-24-20-22(3)27(33-28(31)32-7)25(24)21-26(23)34-37(11,12)29(4,5)6/h14,16-17,23-27H,2-3,13,15,18-21H2,1,4-12H3/b17-16+/t23-,24+,25-,26+,27?,30?/m0/s1. The molecule has 2 unspecified atom stereocenters. The summed E-state index contributed by atoms with van der Waals surface area (Å²) in [5.41, 5.74) is 0.649. The van der Waals surface area contributed by atoms with Crippen molar-refractivity contribution in [3.63, 3.8) is 0 Å². The monoisotopic (exact) mass is 550 g/mol. The molecular weight excluding hydrogens is 496 g/mol. The first kappa shape index (κ1) is 32.1. The van der Waals surface area contributed by atoms with Gasteiger partial charge in [-0.05, 0) is 74.9 Å². The van der Waals surface area contributed by atoms with Crippen LogP contribution in [0.3, 0.4) is 0 Å². The molecular formula is C30H54O5Si2. The lowest BCUT2D eigenvalue weighted by Crippen LogP contribution is -2.45. The Bertz CT molecular complexity index is 838. The molecule has 0 aromatic rings. The lowest BCUT2D eigenvalue weighted by atomic mass is 9.88. The maximum atomic E-state index is 12.0. The van der Waals surface area contributed by atoms with Gasteiger partial charge < -0.3 is 18.3 Å². The highest BCUT2D eigenvalue weighted by atomic mass is 28.4. The van der Waals surface area contributed by atoms with Crippen molar-refractivity contribution in [1.82, 2.24) is 0 Å².